The minimum Gasteiger partial charge on any atom is -0.497 e. The summed E-state index contributed by atoms with van der Waals surface area (Å²) in [5, 5.41) is 8.86. The molecule has 0 atom stereocenters. The van der Waals surface area contributed by atoms with Gasteiger partial charge < -0.3 is 14.0 Å². The molecule has 1 rings (SSSR count). The van der Waals surface area contributed by atoms with Crippen LogP contribution < -0.4 is 8.92 Å². The van der Waals surface area contributed by atoms with Crippen molar-refractivity contribution < 1.29 is 45.2 Å². The second kappa shape index (κ2) is 5.60. The normalized spacial score (nSPS) is 11.8. The Bertz CT molecular complexity index is 679. The molecule has 0 unspecified atom stereocenters. The van der Waals surface area contributed by atoms with Crippen molar-refractivity contribution in [3.8, 4) is 11.5 Å². The summed E-state index contributed by atoms with van der Waals surface area (Å²) in [6.45, 7) is 0. The van der Waals surface area contributed by atoms with Gasteiger partial charge in [-0.1, -0.05) is 0 Å². The van der Waals surface area contributed by atoms with E-state index in [9.17, 15) is 31.2 Å². The molecule has 0 fully saturated rings. The Hall–Kier alpha value is -2.30. The molecule has 0 aromatic heterocycles. The number of rotatable bonds is 5. The first-order valence-electron chi connectivity index (χ1n) is 4.94. The summed E-state index contributed by atoms with van der Waals surface area (Å²) in [6.07, 6.45) is -0.135. The van der Waals surface area contributed by atoms with Crippen LogP contribution in [0.4, 0.5) is 13.2 Å². The fourth-order valence-electron chi connectivity index (χ4n) is 1.25. The third-order valence-electron chi connectivity index (χ3n) is 2.18. The van der Waals surface area contributed by atoms with Crippen LogP contribution in [-0.4, -0.2) is 38.4 Å². The van der Waals surface area contributed by atoms with Crippen molar-refractivity contribution in [1.82, 2.24) is 0 Å². The van der Waals surface area contributed by atoms with Crippen molar-refractivity contribution >= 4 is 22.4 Å². The molecule has 0 aliphatic carbocycles. The van der Waals surface area contributed by atoms with Crippen molar-refractivity contribution in [1.29, 1.82) is 0 Å². The maximum atomic E-state index is 12.2. The van der Waals surface area contributed by atoms with Gasteiger partial charge in [-0.25, -0.2) is 4.79 Å². The van der Waals surface area contributed by atoms with Crippen LogP contribution in [0.3, 0.4) is 0 Å². The molecule has 11 heteroatoms. The second-order valence-electron chi connectivity index (χ2n) is 3.49. The monoisotopic (exact) mass is 328 g/mol. The standard InChI is InChI=1S/C10H7F3O7S/c1-19-5-2-6(9(15)16)7(4-14)8(3-5)20-21(17,18)10(11,12)13/h2-4H,1H3,(H,15,16). The fourth-order valence-corrected chi connectivity index (χ4v) is 1.72. The van der Waals surface area contributed by atoms with Crippen LogP contribution in [0.15, 0.2) is 12.1 Å². The summed E-state index contributed by atoms with van der Waals surface area (Å²) in [5.41, 5.74) is -7.37. The van der Waals surface area contributed by atoms with Gasteiger partial charge in [0.25, 0.3) is 0 Å². The Morgan fingerprint density at radius 2 is 1.90 bits per heavy atom. The highest BCUT2D eigenvalue weighted by atomic mass is 32.2. The van der Waals surface area contributed by atoms with Gasteiger partial charge in [0.1, 0.15) is 5.75 Å². The van der Waals surface area contributed by atoms with Crippen LogP contribution in [0.5, 0.6) is 11.5 Å². The van der Waals surface area contributed by atoms with Crippen molar-refractivity contribution in [3.63, 3.8) is 0 Å². The van der Waals surface area contributed by atoms with E-state index in [-0.39, 0.29) is 12.0 Å². The first kappa shape index (κ1) is 16.8. The molecular formula is C10H7F3O7S. The number of hydrogen-bond acceptors (Lipinski definition) is 6. The second-order valence-corrected chi connectivity index (χ2v) is 5.03. The quantitative estimate of drug-likeness (QED) is 0.495. The zero-order valence-electron chi connectivity index (χ0n) is 10.2. The van der Waals surface area contributed by atoms with Gasteiger partial charge >= 0.3 is 21.6 Å². The van der Waals surface area contributed by atoms with E-state index in [0.717, 1.165) is 13.2 Å². The first-order chi connectivity index (χ1) is 9.53. The average molecular weight is 328 g/mol. The molecular weight excluding hydrogens is 321 g/mol. The molecule has 0 heterocycles. The number of aldehydes is 1. The van der Waals surface area contributed by atoms with E-state index >= 15 is 0 Å². The van der Waals surface area contributed by atoms with E-state index in [0.29, 0.717) is 6.07 Å². The number of carboxylic acids is 1. The molecule has 0 saturated heterocycles. The predicted octanol–water partition coefficient (Wildman–Crippen LogP) is 1.43. The Kier molecular flexibility index (Phi) is 4.46. The van der Waals surface area contributed by atoms with Gasteiger partial charge in [0, 0.05) is 6.07 Å². The number of aromatic carboxylic acids is 1. The summed E-state index contributed by atoms with van der Waals surface area (Å²) < 4.78 is 67.0. The van der Waals surface area contributed by atoms with Gasteiger partial charge in [0.15, 0.2) is 12.0 Å². The molecule has 0 bridgehead atoms. The van der Waals surface area contributed by atoms with Crippen LogP contribution in [0.25, 0.3) is 0 Å². The number of alkyl halides is 3. The number of carbonyl (C=O) groups excluding carboxylic acids is 1. The third-order valence-corrected chi connectivity index (χ3v) is 3.15. The van der Waals surface area contributed by atoms with Gasteiger partial charge in [-0.3, -0.25) is 4.79 Å². The van der Waals surface area contributed by atoms with E-state index in [2.05, 4.69) is 8.92 Å². The number of benzene rings is 1. The topological polar surface area (TPSA) is 107 Å². The highest BCUT2D eigenvalue weighted by molar-refractivity contribution is 7.88. The number of methoxy groups -OCH3 is 1. The van der Waals surface area contributed by atoms with Gasteiger partial charge in [-0.2, -0.15) is 21.6 Å². The van der Waals surface area contributed by atoms with Gasteiger partial charge in [-0.15, -0.1) is 0 Å². The van der Waals surface area contributed by atoms with Gasteiger partial charge in [-0.05, 0) is 6.07 Å². The lowest BCUT2D eigenvalue weighted by Gasteiger charge is -2.13. The summed E-state index contributed by atoms with van der Waals surface area (Å²) >= 11 is 0. The van der Waals surface area contributed by atoms with Crippen LogP contribution in [0, 0.1) is 0 Å². The summed E-state index contributed by atoms with van der Waals surface area (Å²) in [5.74, 6) is -3.07. The van der Waals surface area contributed by atoms with Crippen molar-refractivity contribution in [3.05, 3.63) is 23.3 Å². The molecule has 0 aliphatic heterocycles. The van der Waals surface area contributed by atoms with E-state index in [1.807, 2.05) is 0 Å². The van der Waals surface area contributed by atoms with Crippen LogP contribution in [0.2, 0.25) is 0 Å². The minimum atomic E-state index is -6.06. The lowest BCUT2D eigenvalue weighted by atomic mass is 10.1. The summed E-state index contributed by atoms with van der Waals surface area (Å²) in [7, 11) is -5.00. The Balaban J connectivity index is 3.52. The average Bonchev–Trinajstić information content (AvgIpc) is 2.35. The smallest absolute Gasteiger partial charge is 0.497 e. The zero-order chi connectivity index (χ0) is 16.4. The van der Waals surface area contributed by atoms with E-state index < -0.39 is 38.5 Å². The molecule has 0 amide bonds. The maximum Gasteiger partial charge on any atom is 0.534 e. The van der Waals surface area contributed by atoms with Gasteiger partial charge in [0.05, 0.1) is 18.2 Å². The number of carbonyl (C=O) groups is 2. The lowest BCUT2D eigenvalue weighted by molar-refractivity contribution is -0.0500. The molecule has 1 aromatic carbocycles. The highest BCUT2D eigenvalue weighted by Gasteiger charge is 2.49. The highest BCUT2D eigenvalue weighted by Crippen LogP contribution is 2.32. The number of carboxylic acid groups (broad SMARTS) is 1. The van der Waals surface area contributed by atoms with Crippen LogP contribution in [0.1, 0.15) is 20.7 Å². The fraction of sp³-hybridized carbons (Fsp3) is 0.200. The molecule has 0 radical (unpaired) electrons. The molecule has 0 aliphatic rings. The molecule has 0 spiro atoms. The number of hydrogen-bond donors (Lipinski definition) is 1. The summed E-state index contributed by atoms with van der Waals surface area (Å²) in [4.78, 5) is 21.7. The summed E-state index contributed by atoms with van der Waals surface area (Å²) in [6, 6.07) is 1.48. The Labute approximate surface area is 116 Å². The molecule has 1 N–H and O–H groups in total. The molecule has 116 valence electrons. The largest absolute Gasteiger partial charge is 0.534 e. The van der Waals surface area contributed by atoms with E-state index in [1.165, 1.54) is 0 Å². The van der Waals surface area contributed by atoms with E-state index in [4.69, 9.17) is 5.11 Å². The molecule has 0 saturated carbocycles. The lowest BCUT2D eigenvalue weighted by Crippen LogP contribution is -2.28. The molecule has 7 nitrogen and oxygen atoms in total. The van der Waals surface area contributed by atoms with E-state index in [1.54, 1.807) is 0 Å². The SMILES string of the molecule is COc1cc(OS(=O)(=O)C(F)(F)F)c(C=O)c(C(=O)O)c1. The minimum absolute atomic E-state index is 0.135. The van der Waals surface area contributed by atoms with Crippen molar-refractivity contribution in [2.75, 3.05) is 7.11 Å². The maximum absolute atomic E-state index is 12.2. The first-order valence-corrected chi connectivity index (χ1v) is 6.35. The zero-order valence-corrected chi connectivity index (χ0v) is 11.0. The van der Waals surface area contributed by atoms with Crippen molar-refractivity contribution in [2.45, 2.75) is 5.51 Å². The number of ether oxygens (including phenoxy) is 1. The van der Waals surface area contributed by atoms with Crippen molar-refractivity contribution in [2.24, 2.45) is 0 Å². The van der Waals surface area contributed by atoms with Crippen LogP contribution in [-0.2, 0) is 10.1 Å². The van der Waals surface area contributed by atoms with Crippen LogP contribution >= 0.6 is 0 Å². The Morgan fingerprint density at radius 1 is 1.33 bits per heavy atom. The number of halogens is 3. The third kappa shape index (κ3) is 3.42. The molecule has 1 aromatic rings. The Morgan fingerprint density at radius 3 is 2.29 bits per heavy atom. The molecule has 21 heavy (non-hydrogen) atoms. The van der Waals surface area contributed by atoms with Gasteiger partial charge in [0.2, 0.25) is 0 Å². The predicted molar refractivity (Wildman–Crippen MR) is 60.9 cm³/mol.